The summed E-state index contributed by atoms with van der Waals surface area (Å²) in [6.07, 6.45) is 3.45. The molecule has 1 aromatic heterocycles. The first-order chi connectivity index (χ1) is 8.34. The summed E-state index contributed by atoms with van der Waals surface area (Å²) in [5.41, 5.74) is 2.68. The van der Waals surface area contributed by atoms with E-state index in [-0.39, 0.29) is 11.7 Å². The molecule has 1 unspecified atom stereocenters. The number of hydrogen-bond donors (Lipinski definition) is 1. The number of rotatable bonds is 2. The molecule has 0 saturated carbocycles. The highest BCUT2D eigenvalue weighted by atomic mass is 16.5. The smallest absolute Gasteiger partial charge is 0.250 e. The van der Waals surface area contributed by atoms with Gasteiger partial charge in [-0.15, -0.1) is 0 Å². The van der Waals surface area contributed by atoms with Crippen molar-refractivity contribution in [2.24, 2.45) is 0 Å². The molecule has 2 aliphatic rings. The Bertz CT molecular complexity index is 461. The topological polar surface area (TPSA) is 43.3 Å². The first kappa shape index (κ1) is 11.0. The van der Waals surface area contributed by atoms with E-state index >= 15 is 0 Å². The predicted octanol–water partition coefficient (Wildman–Crippen LogP) is 0.325. The third-order valence-electron chi connectivity index (χ3n) is 3.64. The molecule has 1 N–H and O–H groups in total. The van der Waals surface area contributed by atoms with Crippen molar-refractivity contribution in [3.05, 3.63) is 33.7 Å². The van der Waals surface area contributed by atoms with E-state index in [1.807, 2.05) is 10.6 Å². The van der Waals surface area contributed by atoms with E-state index in [1.165, 1.54) is 17.7 Å². The van der Waals surface area contributed by atoms with Crippen LogP contribution in [0.15, 0.2) is 16.9 Å². The number of hydrogen-bond acceptors (Lipinski definition) is 3. The summed E-state index contributed by atoms with van der Waals surface area (Å²) in [5.74, 6) is 0. The van der Waals surface area contributed by atoms with Gasteiger partial charge in [0.25, 0.3) is 5.56 Å². The average Bonchev–Trinajstić information content (AvgIpc) is 2.83. The van der Waals surface area contributed by atoms with Crippen molar-refractivity contribution >= 4 is 0 Å². The maximum Gasteiger partial charge on any atom is 0.250 e. The van der Waals surface area contributed by atoms with E-state index in [0.29, 0.717) is 6.54 Å². The van der Waals surface area contributed by atoms with Crippen LogP contribution in [0.2, 0.25) is 0 Å². The number of fused-ring (bicyclic) bond motifs is 1. The fourth-order valence-electron chi connectivity index (χ4n) is 2.77. The quantitative estimate of drug-likeness (QED) is 0.801. The second kappa shape index (κ2) is 4.63. The zero-order valence-electron chi connectivity index (χ0n) is 9.95. The summed E-state index contributed by atoms with van der Waals surface area (Å²) >= 11 is 0. The minimum atomic E-state index is 0.111. The summed E-state index contributed by atoms with van der Waals surface area (Å²) in [7, 11) is 0. The van der Waals surface area contributed by atoms with Crippen LogP contribution in [-0.4, -0.2) is 30.4 Å². The summed E-state index contributed by atoms with van der Waals surface area (Å²) in [6.45, 7) is 3.19. The van der Waals surface area contributed by atoms with E-state index in [2.05, 4.69) is 5.32 Å². The Morgan fingerprint density at radius 1 is 1.41 bits per heavy atom. The van der Waals surface area contributed by atoms with E-state index in [0.717, 1.165) is 32.5 Å². The second-order valence-corrected chi connectivity index (χ2v) is 4.80. The third-order valence-corrected chi connectivity index (χ3v) is 3.64. The zero-order valence-corrected chi connectivity index (χ0v) is 9.95. The molecule has 3 rings (SSSR count). The van der Waals surface area contributed by atoms with Crippen molar-refractivity contribution in [3.63, 3.8) is 0 Å². The monoisotopic (exact) mass is 234 g/mol. The Kier molecular flexibility index (Phi) is 2.99. The molecule has 1 aliphatic heterocycles. The summed E-state index contributed by atoms with van der Waals surface area (Å²) < 4.78 is 7.59. The molecule has 0 aromatic carbocycles. The molecule has 2 heterocycles. The largest absolute Gasteiger partial charge is 0.374 e. The molecular formula is C13H18N2O2. The molecule has 0 amide bonds. The zero-order chi connectivity index (χ0) is 11.7. The number of ether oxygens (including phenoxy) is 1. The molecule has 0 radical (unpaired) electrons. The summed E-state index contributed by atoms with van der Waals surface area (Å²) in [6, 6.07) is 3.68. The van der Waals surface area contributed by atoms with Gasteiger partial charge in [-0.25, -0.2) is 0 Å². The van der Waals surface area contributed by atoms with Crippen LogP contribution < -0.4 is 10.9 Å². The highest BCUT2D eigenvalue weighted by molar-refractivity contribution is 5.25. The van der Waals surface area contributed by atoms with E-state index < -0.39 is 0 Å². The van der Waals surface area contributed by atoms with Gasteiger partial charge in [0.1, 0.15) is 0 Å². The van der Waals surface area contributed by atoms with Gasteiger partial charge in [-0.1, -0.05) is 6.07 Å². The van der Waals surface area contributed by atoms with Gasteiger partial charge in [-0.05, 0) is 24.8 Å². The Labute approximate surface area is 101 Å². The molecule has 17 heavy (non-hydrogen) atoms. The van der Waals surface area contributed by atoms with Crippen molar-refractivity contribution in [1.29, 1.82) is 0 Å². The van der Waals surface area contributed by atoms with Crippen LogP contribution in [-0.2, 0) is 24.1 Å². The minimum Gasteiger partial charge on any atom is -0.374 e. The van der Waals surface area contributed by atoms with Gasteiger partial charge in [0.05, 0.1) is 19.3 Å². The normalized spacial score (nSPS) is 23.6. The van der Waals surface area contributed by atoms with Crippen LogP contribution in [0.3, 0.4) is 0 Å². The number of pyridine rings is 1. The molecule has 0 bridgehead atoms. The van der Waals surface area contributed by atoms with Crippen LogP contribution in [0.4, 0.5) is 0 Å². The van der Waals surface area contributed by atoms with Gasteiger partial charge >= 0.3 is 0 Å². The molecule has 1 aliphatic carbocycles. The second-order valence-electron chi connectivity index (χ2n) is 4.80. The fourth-order valence-corrected chi connectivity index (χ4v) is 2.77. The third kappa shape index (κ3) is 2.15. The number of nitrogens with zero attached hydrogens (tertiary/aromatic N) is 1. The van der Waals surface area contributed by atoms with Gasteiger partial charge in [0.15, 0.2) is 0 Å². The molecule has 0 spiro atoms. The lowest BCUT2D eigenvalue weighted by Crippen LogP contribution is -2.42. The molecular weight excluding hydrogens is 216 g/mol. The van der Waals surface area contributed by atoms with Crippen LogP contribution in [0.5, 0.6) is 0 Å². The van der Waals surface area contributed by atoms with Crippen molar-refractivity contribution in [1.82, 2.24) is 9.88 Å². The lowest BCUT2D eigenvalue weighted by Gasteiger charge is -2.25. The Hall–Kier alpha value is -1.13. The van der Waals surface area contributed by atoms with Crippen LogP contribution in [0.25, 0.3) is 0 Å². The molecule has 1 saturated heterocycles. The van der Waals surface area contributed by atoms with Gasteiger partial charge in [0.2, 0.25) is 0 Å². The highest BCUT2D eigenvalue weighted by Crippen LogP contribution is 2.20. The molecule has 1 fully saturated rings. The standard InChI is InChI=1S/C13H18N2O2/c16-13-5-4-10-2-1-3-12(10)15(13)9-11-8-14-6-7-17-11/h4-5,11,14H,1-3,6-9H2. The average molecular weight is 234 g/mol. The Balaban J connectivity index is 1.86. The van der Waals surface area contributed by atoms with Gasteiger partial charge in [-0.3, -0.25) is 4.79 Å². The van der Waals surface area contributed by atoms with E-state index in [4.69, 9.17) is 4.74 Å². The fraction of sp³-hybridized carbons (Fsp3) is 0.615. The van der Waals surface area contributed by atoms with Crippen molar-refractivity contribution in [2.45, 2.75) is 31.9 Å². The molecule has 4 nitrogen and oxygen atoms in total. The first-order valence-electron chi connectivity index (χ1n) is 6.38. The SMILES string of the molecule is O=c1ccc2c(n1CC1CNCCO1)CCC2. The lowest BCUT2D eigenvalue weighted by atomic mass is 10.2. The number of aryl methyl sites for hydroxylation is 1. The minimum absolute atomic E-state index is 0.111. The lowest BCUT2D eigenvalue weighted by molar-refractivity contribution is 0.0172. The summed E-state index contributed by atoms with van der Waals surface area (Å²) in [5, 5.41) is 3.30. The van der Waals surface area contributed by atoms with Crippen LogP contribution >= 0.6 is 0 Å². The molecule has 92 valence electrons. The number of morpholine rings is 1. The summed E-state index contributed by atoms with van der Waals surface area (Å²) in [4.78, 5) is 11.9. The van der Waals surface area contributed by atoms with E-state index in [1.54, 1.807) is 6.07 Å². The van der Waals surface area contributed by atoms with Crippen LogP contribution in [0, 0.1) is 0 Å². The van der Waals surface area contributed by atoms with E-state index in [9.17, 15) is 4.79 Å². The Morgan fingerprint density at radius 3 is 3.18 bits per heavy atom. The van der Waals surface area contributed by atoms with Gasteiger partial charge in [0, 0.05) is 24.8 Å². The molecule has 1 atom stereocenters. The number of nitrogens with one attached hydrogen (secondary N) is 1. The van der Waals surface area contributed by atoms with Crippen molar-refractivity contribution in [2.75, 3.05) is 19.7 Å². The predicted molar refractivity (Wildman–Crippen MR) is 65.3 cm³/mol. The maximum absolute atomic E-state index is 11.9. The first-order valence-corrected chi connectivity index (χ1v) is 6.38. The van der Waals surface area contributed by atoms with Crippen molar-refractivity contribution in [3.8, 4) is 0 Å². The van der Waals surface area contributed by atoms with Crippen LogP contribution in [0.1, 0.15) is 17.7 Å². The van der Waals surface area contributed by atoms with Crippen molar-refractivity contribution < 1.29 is 4.74 Å². The van der Waals surface area contributed by atoms with Gasteiger partial charge < -0.3 is 14.6 Å². The Morgan fingerprint density at radius 2 is 2.35 bits per heavy atom. The maximum atomic E-state index is 11.9. The number of aromatic nitrogens is 1. The highest BCUT2D eigenvalue weighted by Gasteiger charge is 2.20. The molecule has 4 heteroatoms. The molecule has 1 aromatic rings. The van der Waals surface area contributed by atoms with Gasteiger partial charge in [-0.2, -0.15) is 0 Å².